The monoisotopic (exact) mass is 365 g/mol. The topological polar surface area (TPSA) is 62.6 Å². The zero-order valence-electron chi connectivity index (χ0n) is 15.4. The molecule has 0 bridgehead atoms. The molecule has 0 N–H and O–H groups in total. The minimum atomic E-state index is -0.137. The third kappa shape index (κ3) is 3.27. The number of aryl methyl sites for hydroxylation is 1. The Hall–Kier alpha value is -2.89. The number of aromatic nitrogens is 1. The standard InChI is InChI=1S/C21H23N3O3/c1-22-13-16(8-9-19(22)25)21(27)24-14-15(17-5-2-3-6-18(17)24)10-12-23-11-4-7-20(23)26/h2-3,5-6,8-9,13,15H,4,7,10-12,14H2,1H3. The molecule has 1 fully saturated rings. The van der Waals surface area contributed by atoms with Crippen LogP contribution in [0.15, 0.2) is 47.4 Å². The molecule has 2 amide bonds. The molecule has 1 aromatic heterocycles. The first kappa shape index (κ1) is 17.5. The molecule has 0 aliphatic carbocycles. The van der Waals surface area contributed by atoms with Crippen LogP contribution in [0.3, 0.4) is 0 Å². The second-order valence-electron chi connectivity index (χ2n) is 7.31. The van der Waals surface area contributed by atoms with Crippen molar-refractivity contribution in [2.24, 2.45) is 7.05 Å². The Balaban J connectivity index is 1.55. The predicted octanol–water partition coefficient (Wildman–Crippen LogP) is 2.14. The SMILES string of the molecule is Cn1cc(C(=O)N2CC(CCN3CCCC3=O)c3ccccc32)ccc1=O. The quantitative estimate of drug-likeness (QED) is 0.834. The number of pyridine rings is 1. The number of benzene rings is 1. The molecule has 2 aromatic rings. The number of carbonyl (C=O) groups is 2. The highest BCUT2D eigenvalue weighted by Gasteiger charge is 2.33. The number of hydrogen-bond acceptors (Lipinski definition) is 3. The van der Waals surface area contributed by atoms with E-state index in [1.165, 1.54) is 10.6 Å². The van der Waals surface area contributed by atoms with Crippen molar-refractivity contribution in [3.05, 3.63) is 64.1 Å². The van der Waals surface area contributed by atoms with Gasteiger partial charge in [0.1, 0.15) is 0 Å². The van der Waals surface area contributed by atoms with Gasteiger partial charge in [-0.15, -0.1) is 0 Å². The molecule has 2 aliphatic heterocycles. The molecule has 1 saturated heterocycles. The van der Waals surface area contributed by atoms with Gasteiger partial charge in [-0.05, 0) is 30.5 Å². The lowest BCUT2D eigenvalue weighted by Gasteiger charge is -2.20. The molecule has 1 atom stereocenters. The van der Waals surface area contributed by atoms with Gasteiger partial charge in [-0.2, -0.15) is 0 Å². The van der Waals surface area contributed by atoms with Crippen LogP contribution in [0.1, 0.15) is 41.1 Å². The van der Waals surface area contributed by atoms with Gasteiger partial charge in [-0.3, -0.25) is 14.4 Å². The highest BCUT2D eigenvalue weighted by Crippen LogP contribution is 2.38. The number of amides is 2. The smallest absolute Gasteiger partial charge is 0.259 e. The predicted molar refractivity (Wildman–Crippen MR) is 103 cm³/mol. The van der Waals surface area contributed by atoms with E-state index in [2.05, 4.69) is 6.07 Å². The molecule has 4 rings (SSSR count). The normalized spacial score (nSPS) is 18.9. The number of rotatable bonds is 4. The summed E-state index contributed by atoms with van der Waals surface area (Å²) in [5, 5.41) is 0. The Labute approximate surface area is 158 Å². The lowest BCUT2D eigenvalue weighted by Crippen LogP contribution is -2.32. The largest absolute Gasteiger partial charge is 0.343 e. The fraction of sp³-hybridized carbons (Fsp3) is 0.381. The van der Waals surface area contributed by atoms with E-state index in [4.69, 9.17) is 0 Å². The molecule has 2 aliphatic rings. The molecule has 3 heterocycles. The zero-order chi connectivity index (χ0) is 19.0. The van der Waals surface area contributed by atoms with Crippen LogP contribution in [-0.4, -0.2) is 40.9 Å². The second kappa shape index (κ2) is 7.02. The Kier molecular flexibility index (Phi) is 4.56. The number of para-hydroxylation sites is 1. The first-order valence-electron chi connectivity index (χ1n) is 9.40. The number of hydrogen-bond donors (Lipinski definition) is 0. The molecule has 0 spiro atoms. The van der Waals surface area contributed by atoms with E-state index >= 15 is 0 Å². The van der Waals surface area contributed by atoms with Gasteiger partial charge >= 0.3 is 0 Å². The number of likely N-dealkylation sites (tertiary alicyclic amines) is 1. The van der Waals surface area contributed by atoms with Gasteiger partial charge in [-0.1, -0.05) is 18.2 Å². The molecule has 6 heteroatoms. The lowest BCUT2D eigenvalue weighted by atomic mass is 9.98. The van der Waals surface area contributed by atoms with Gasteiger partial charge in [0.25, 0.3) is 5.91 Å². The van der Waals surface area contributed by atoms with Gasteiger partial charge in [0.05, 0.1) is 5.56 Å². The summed E-state index contributed by atoms with van der Waals surface area (Å²) in [4.78, 5) is 40.3. The summed E-state index contributed by atoms with van der Waals surface area (Å²) in [5.74, 6) is 0.350. The highest BCUT2D eigenvalue weighted by atomic mass is 16.2. The Bertz CT molecular complexity index is 950. The maximum absolute atomic E-state index is 13.1. The summed E-state index contributed by atoms with van der Waals surface area (Å²) in [6.07, 6.45) is 4.03. The van der Waals surface area contributed by atoms with Crippen molar-refractivity contribution in [3.8, 4) is 0 Å². The first-order valence-corrected chi connectivity index (χ1v) is 9.40. The lowest BCUT2D eigenvalue weighted by molar-refractivity contribution is -0.127. The summed E-state index contributed by atoms with van der Waals surface area (Å²) < 4.78 is 1.42. The second-order valence-corrected chi connectivity index (χ2v) is 7.31. The van der Waals surface area contributed by atoms with Gasteiger partial charge in [0.2, 0.25) is 11.5 Å². The van der Waals surface area contributed by atoms with E-state index in [0.717, 1.165) is 37.2 Å². The molecule has 0 saturated carbocycles. The third-order valence-electron chi connectivity index (χ3n) is 5.57. The molecule has 27 heavy (non-hydrogen) atoms. The van der Waals surface area contributed by atoms with Crippen molar-refractivity contribution in [1.29, 1.82) is 0 Å². The van der Waals surface area contributed by atoms with Crippen LogP contribution in [0.25, 0.3) is 0 Å². The summed E-state index contributed by atoms with van der Waals surface area (Å²) in [5.41, 5.74) is 2.44. The molecular formula is C21H23N3O3. The van der Waals surface area contributed by atoms with E-state index in [0.29, 0.717) is 18.5 Å². The van der Waals surface area contributed by atoms with Crippen LogP contribution in [0.2, 0.25) is 0 Å². The first-order chi connectivity index (χ1) is 13.0. The fourth-order valence-corrected chi connectivity index (χ4v) is 4.06. The number of fused-ring (bicyclic) bond motifs is 1. The third-order valence-corrected chi connectivity index (χ3v) is 5.57. The molecule has 1 unspecified atom stereocenters. The Morgan fingerprint density at radius 1 is 1.15 bits per heavy atom. The molecule has 6 nitrogen and oxygen atoms in total. The van der Waals surface area contributed by atoms with Crippen molar-refractivity contribution in [3.63, 3.8) is 0 Å². The minimum Gasteiger partial charge on any atom is -0.343 e. The van der Waals surface area contributed by atoms with Crippen molar-refractivity contribution < 1.29 is 9.59 Å². The highest BCUT2D eigenvalue weighted by molar-refractivity contribution is 6.07. The number of carbonyl (C=O) groups excluding carboxylic acids is 2. The van der Waals surface area contributed by atoms with Crippen molar-refractivity contribution in [2.75, 3.05) is 24.5 Å². The molecule has 1 aromatic carbocycles. The Morgan fingerprint density at radius 3 is 2.70 bits per heavy atom. The zero-order valence-corrected chi connectivity index (χ0v) is 15.4. The van der Waals surface area contributed by atoms with Gasteiger partial charge in [0, 0.05) is 57.0 Å². The van der Waals surface area contributed by atoms with E-state index in [-0.39, 0.29) is 23.3 Å². The van der Waals surface area contributed by atoms with Gasteiger partial charge in [-0.25, -0.2) is 0 Å². The van der Waals surface area contributed by atoms with Crippen molar-refractivity contribution in [2.45, 2.75) is 25.2 Å². The van der Waals surface area contributed by atoms with Crippen LogP contribution in [0.4, 0.5) is 5.69 Å². The Morgan fingerprint density at radius 2 is 1.96 bits per heavy atom. The van der Waals surface area contributed by atoms with Gasteiger partial charge < -0.3 is 14.4 Å². The summed E-state index contributed by atoms with van der Waals surface area (Å²) in [6.45, 7) is 2.18. The molecule has 140 valence electrons. The van der Waals surface area contributed by atoms with Crippen molar-refractivity contribution in [1.82, 2.24) is 9.47 Å². The average molecular weight is 365 g/mol. The van der Waals surface area contributed by atoms with Gasteiger partial charge in [0.15, 0.2) is 0 Å². The van der Waals surface area contributed by atoms with E-state index in [1.54, 1.807) is 24.2 Å². The van der Waals surface area contributed by atoms with E-state index < -0.39 is 0 Å². The average Bonchev–Trinajstić information content (AvgIpc) is 3.25. The van der Waals surface area contributed by atoms with Crippen LogP contribution in [-0.2, 0) is 11.8 Å². The number of anilines is 1. The van der Waals surface area contributed by atoms with Crippen LogP contribution in [0, 0.1) is 0 Å². The van der Waals surface area contributed by atoms with Crippen molar-refractivity contribution >= 4 is 17.5 Å². The molecular weight excluding hydrogens is 342 g/mol. The summed E-state index contributed by atoms with van der Waals surface area (Å²) >= 11 is 0. The fourth-order valence-electron chi connectivity index (χ4n) is 4.06. The summed E-state index contributed by atoms with van der Waals surface area (Å²) in [6, 6.07) is 11.0. The van der Waals surface area contributed by atoms with Crippen LogP contribution in [0.5, 0.6) is 0 Å². The van der Waals surface area contributed by atoms with Crippen LogP contribution < -0.4 is 10.5 Å². The molecule has 0 radical (unpaired) electrons. The minimum absolute atomic E-state index is 0.0993. The van der Waals surface area contributed by atoms with E-state index in [1.807, 2.05) is 23.1 Å². The number of nitrogens with zero attached hydrogens (tertiary/aromatic N) is 3. The van der Waals surface area contributed by atoms with Crippen LogP contribution >= 0.6 is 0 Å². The maximum Gasteiger partial charge on any atom is 0.259 e. The van der Waals surface area contributed by atoms with E-state index in [9.17, 15) is 14.4 Å². The maximum atomic E-state index is 13.1. The summed E-state index contributed by atoms with van der Waals surface area (Å²) in [7, 11) is 1.65.